The van der Waals surface area contributed by atoms with Crippen LogP contribution < -0.4 is 11.1 Å². The first-order chi connectivity index (χ1) is 8.18. The average Bonchev–Trinajstić information content (AvgIpc) is 2.36. The molecule has 1 fully saturated rings. The molecule has 1 atom stereocenters. The second kappa shape index (κ2) is 5.39. The number of aryl methyl sites for hydroxylation is 1. The molecule has 0 amide bonds. The third-order valence-electron chi connectivity index (χ3n) is 3.93. The highest BCUT2D eigenvalue weighted by atomic mass is 15.0. The van der Waals surface area contributed by atoms with Gasteiger partial charge < -0.3 is 11.1 Å². The molecule has 1 aliphatic rings. The van der Waals surface area contributed by atoms with Crippen LogP contribution in [0.2, 0.25) is 0 Å². The quantitative estimate of drug-likeness (QED) is 0.841. The van der Waals surface area contributed by atoms with Crippen molar-refractivity contribution >= 4 is 11.5 Å². The highest BCUT2D eigenvalue weighted by molar-refractivity contribution is 5.65. The topological polar surface area (TPSA) is 50.9 Å². The predicted octanol–water partition coefficient (Wildman–Crippen LogP) is 3.35. The van der Waals surface area contributed by atoms with Crippen molar-refractivity contribution in [1.29, 1.82) is 0 Å². The van der Waals surface area contributed by atoms with E-state index in [2.05, 4.69) is 17.2 Å². The third kappa shape index (κ3) is 2.90. The van der Waals surface area contributed by atoms with Gasteiger partial charge in [0, 0.05) is 12.2 Å². The molecule has 1 heterocycles. The molecule has 17 heavy (non-hydrogen) atoms. The fourth-order valence-electron chi connectivity index (χ4n) is 2.65. The van der Waals surface area contributed by atoms with Crippen LogP contribution >= 0.6 is 0 Å². The molecule has 2 rings (SSSR count). The van der Waals surface area contributed by atoms with Crippen molar-refractivity contribution in [3.8, 4) is 0 Å². The summed E-state index contributed by atoms with van der Waals surface area (Å²) in [5.74, 6) is 1.62. The lowest BCUT2D eigenvalue weighted by Crippen LogP contribution is -2.28. The summed E-state index contributed by atoms with van der Waals surface area (Å²) in [4.78, 5) is 4.34. The molecule has 0 saturated heterocycles. The SMILES string of the molecule is Cc1ccnc(NC(C)C2CCCCC2)c1N. The normalized spacial score (nSPS) is 18.9. The second-order valence-electron chi connectivity index (χ2n) is 5.22. The van der Waals surface area contributed by atoms with Crippen LogP contribution in [0, 0.1) is 12.8 Å². The Hall–Kier alpha value is -1.25. The van der Waals surface area contributed by atoms with Crippen LogP contribution in [0.3, 0.4) is 0 Å². The van der Waals surface area contributed by atoms with Gasteiger partial charge in [-0.2, -0.15) is 0 Å². The zero-order valence-electron chi connectivity index (χ0n) is 10.9. The van der Waals surface area contributed by atoms with Gasteiger partial charge in [0.15, 0.2) is 0 Å². The Morgan fingerprint density at radius 3 is 2.76 bits per heavy atom. The molecule has 1 aromatic heterocycles. The van der Waals surface area contributed by atoms with Crippen molar-refractivity contribution in [2.45, 2.75) is 52.0 Å². The fourth-order valence-corrected chi connectivity index (χ4v) is 2.65. The maximum Gasteiger partial charge on any atom is 0.149 e. The van der Waals surface area contributed by atoms with Gasteiger partial charge in [-0.05, 0) is 44.2 Å². The number of hydrogen-bond acceptors (Lipinski definition) is 3. The lowest BCUT2D eigenvalue weighted by Gasteiger charge is -2.29. The molecule has 1 unspecified atom stereocenters. The van der Waals surface area contributed by atoms with Gasteiger partial charge in [-0.15, -0.1) is 0 Å². The van der Waals surface area contributed by atoms with Crippen LogP contribution in [0.15, 0.2) is 12.3 Å². The smallest absolute Gasteiger partial charge is 0.149 e. The Kier molecular flexibility index (Phi) is 3.87. The number of nitrogens with one attached hydrogen (secondary N) is 1. The van der Waals surface area contributed by atoms with E-state index in [9.17, 15) is 0 Å². The van der Waals surface area contributed by atoms with Crippen LogP contribution in [0.1, 0.15) is 44.6 Å². The number of nitrogens with zero attached hydrogens (tertiary/aromatic N) is 1. The molecule has 3 N–H and O–H groups in total. The Balaban J connectivity index is 2.01. The summed E-state index contributed by atoms with van der Waals surface area (Å²) < 4.78 is 0. The van der Waals surface area contributed by atoms with E-state index in [1.807, 2.05) is 19.2 Å². The number of nitrogens with two attached hydrogens (primary N) is 1. The Morgan fingerprint density at radius 2 is 2.06 bits per heavy atom. The van der Waals surface area contributed by atoms with Crippen LogP contribution in [0.5, 0.6) is 0 Å². The van der Waals surface area contributed by atoms with Crippen LogP contribution in [0.25, 0.3) is 0 Å². The summed E-state index contributed by atoms with van der Waals surface area (Å²) in [6.45, 7) is 4.27. The lowest BCUT2D eigenvalue weighted by atomic mass is 9.84. The molecule has 0 aliphatic heterocycles. The largest absolute Gasteiger partial charge is 0.396 e. The lowest BCUT2D eigenvalue weighted by molar-refractivity contribution is 0.328. The average molecular weight is 233 g/mol. The first kappa shape index (κ1) is 12.2. The molecule has 1 aromatic rings. The van der Waals surface area contributed by atoms with E-state index in [1.165, 1.54) is 32.1 Å². The summed E-state index contributed by atoms with van der Waals surface area (Å²) in [5, 5.41) is 3.48. The van der Waals surface area contributed by atoms with Gasteiger partial charge in [-0.25, -0.2) is 4.98 Å². The van der Waals surface area contributed by atoms with E-state index >= 15 is 0 Å². The molecule has 94 valence electrons. The molecule has 0 aromatic carbocycles. The molecular formula is C14H23N3. The predicted molar refractivity (Wildman–Crippen MR) is 73.0 cm³/mol. The minimum absolute atomic E-state index is 0.465. The zero-order valence-corrected chi connectivity index (χ0v) is 10.9. The first-order valence-electron chi connectivity index (χ1n) is 6.66. The fraction of sp³-hybridized carbons (Fsp3) is 0.643. The van der Waals surface area contributed by atoms with Crippen molar-refractivity contribution in [3.63, 3.8) is 0 Å². The van der Waals surface area contributed by atoms with Gasteiger partial charge in [-0.3, -0.25) is 0 Å². The highest BCUT2D eigenvalue weighted by Gasteiger charge is 2.20. The minimum Gasteiger partial charge on any atom is -0.396 e. The summed E-state index contributed by atoms with van der Waals surface area (Å²) >= 11 is 0. The summed E-state index contributed by atoms with van der Waals surface area (Å²) in [6, 6.07) is 2.41. The Bertz CT molecular complexity index is 370. The number of nitrogen functional groups attached to an aromatic ring is 1. The Morgan fingerprint density at radius 1 is 1.35 bits per heavy atom. The molecule has 0 bridgehead atoms. The Labute approximate surface area is 104 Å². The molecule has 0 spiro atoms. The number of aromatic nitrogens is 1. The van der Waals surface area contributed by atoms with E-state index in [0.29, 0.717) is 6.04 Å². The number of pyridine rings is 1. The molecule has 3 heteroatoms. The zero-order chi connectivity index (χ0) is 12.3. The number of hydrogen-bond donors (Lipinski definition) is 2. The molecule has 1 aliphatic carbocycles. The van der Waals surface area contributed by atoms with E-state index < -0.39 is 0 Å². The number of rotatable bonds is 3. The molecule has 1 saturated carbocycles. The summed E-state index contributed by atoms with van der Waals surface area (Å²) in [7, 11) is 0. The van der Waals surface area contributed by atoms with Crippen molar-refractivity contribution in [3.05, 3.63) is 17.8 Å². The van der Waals surface area contributed by atoms with Gasteiger partial charge in [0.1, 0.15) is 5.82 Å². The van der Waals surface area contributed by atoms with E-state index in [1.54, 1.807) is 0 Å². The van der Waals surface area contributed by atoms with Gasteiger partial charge in [0.2, 0.25) is 0 Å². The summed E-state index contributed by atoms with van der Waals surface area (Å²) in [5.41, 5.74) is 7.92. The second-order valence-corrected chi connectivity index (χ2v) is 5.22. The van der Waals surface area contributed by atoms with Crippen molar-refractivity contribution in [2.24, 2.45) is 5.92 Å². The maximum absolute atomic E-state index is 6.04. The van der Waals surface area contributed by atoms with Crippen molar-refractivity contribution < 1.29 is 0 Å². The van der Waals surface area contributed by atoms with Crippen LogP contribution in [0.4, 0.5) is 11.5 Å². The van der Waals surface area contributed by atoms with E-state index in [0.717, 1.165) is 23.0 Å². The van der Waals surface area contributed by atoms with Gasteiger partial charge >= 0.3 is 0 Å². The number of anilines is 2. The van der Waals surface area contributed by atoms with Crippen molar-refractivity contribution in [2.75, 3.05) is 11.1 Å². The summed E-state index contributed by atoms with van der Waals surface area (Å²) in [6.07, 6.45) is 8.62. The monoisotopic (exact) mass is 233 g/mol. The van der Waals surface area contributed by atoms with Crippen molar-refractivity contribution in [1.82, 2.24) is 4.98 Å². The highest BCUT2D eigenvalue weighted by Crippen LogP contribution is 2.29. The van der Waals surface area contributed by atoms with Crippen LogP contribution in [-0.2, 0) is 0 Å². The minimum atomic E-state index is 0.465. The first-order valence-corrected chi connectivity index (χ1v) is 6.66. The van der Waals surface area contributed by atoms with Gasteiger partial charge in [0.05, 0.1) is 5.69 Å². The van der Waals surface area contributed by atoms with E-state index in [4.69, 9.17) is 5.73 Å². The van der Waals surface area contributed by atoms with Gasteiger partial charge in [0.25, 0.3) is 0 Å². The molecular weight excluding hydrogens is 210 g/mol. The van der Waals surface area contributed by atoms with E-state index in [-0.39, 0.29) is 0 Å². The van der Waals surface area contributed by atoms with Crippen LogP contribution in [-0.4, -0.2) is 11.0 Å². The third-order valence-corrected chi connectivity index (χ3v) is 3.93. The maximum atomic E-state index is 6.04. The molecule has 3 nitrogen and oxygen atoms in total. The van der Waals surface area contributed by atoms with Gasteiger partial charge in [-0.1, -0.05) is 19.3 Å². The standard InChI is InChI=1S/C14H23N3/c1-10-8-9-16-14(13(10)15)17-11(2)12-6-4-3-5-7-12/h8-9,11-12H,3-7,15H2,1-2H3,(H,16,17). The molecule has 0 radical (unpaired) electrons.